The van der Waals surface area contributed by atoms with Gasteiger partial charge in [-0.05, 0) is 33.1 Å². The van der Waals surface area contributed by atoms with Crippen molar-refractivity contribution >= 4 is 59.1 Å². The molecule has 2 rings (SSSR count). The lowest BCUT2D eigenvalue weighted by Crippen LogP contribution is -2.49. The zero-order chi connectivity index (χ0) is 18.6. The Morgan fingerprint density at radius 3 is 2.85 bits per heavy atom. The molecular formula is C17H30IN5O2S2. The van der Waals surface area contributed by atoms with Crippen LogP contribution >= 0.6 is 47.1 Å². The van der Waals surface area contributed by atoms with Crippen LogP contribution in [0.15, 0.2) is 20.9 Å². The van der Waals surface area contributed by atoms with E-state index < -0.39 is 0 Å². The van der Waals surface area contributed by atoms with Gasteiger partial charge < -0.3 is 20.3 Å². The maximum Gasteiger partial charge on any atom is 0.409 e. The number of nitrogens with one attached hydrogen (secondary N) is 2. The van der Waals surface area contributed by atoms with Crippen LogP contribution in [0.4, 0.5) is 4.79 Å². The molecule has 1 saturated heterocycles. The van der Waals surface area contributed by atoms with Gasteiger partial charge in [-0.15, -0.1) is 35.3 Å². The van der Waals surface area contributed by atoms with Crippen molar-refractivity contribution in [3.63, 3.8) is 0 Å². The van der Waals surface area contributed by atoms with Crippen LogP contribution in [0.3, 0.4) is 0 Å². The van der Waals surface area contributed by atoms with Gasteiger partial charge in [-0.25, -0.2) is 9.78 Å². The minimum atomic E-state index is -0.204. The van der Waals surface area contributed by atoms with Gasteiger partial charge in [-0.1, -0.05) is 11.8 Å². The number of rotatable bonds is 8. The van der Waals surface area contributed by atoms with Gasteiger partial charge in [0.15, 0.2) is 5.96 Å². The van der Waals surface area contributed by atoms with Crippen LogP contribution in [-0.4, -0.2) is 66.5 Å². The zero-order valence-electron chi connectivity index (χ0n) is 16.0. The summed E-state index contributed by atoms with van der Waals surface area (Å²) in [6.45, 7) is 7.40. The number of piperidine rings is 1. The summed E-state index contributed by atoms with van der Waals surface area (Å²) in [5.41, 5.74) is 0. The molecule has 1 aromatic heterocycles. The Hall–Kier alpha value is -0.750. The fraction of sp³-hybridized carbons (Fsp3) is 0.706. The predicted octanol–water partition coefficient (Wildman–Crippen LogP) is 3.42. The van der Waals surface area contributed by atoms with E-state index in [0.29, 0.717) is 12.6 Å². The summed E-state index contributed by atoms with van der Waals surface area (Å²) in [5.74, 6) is 1.88. The molecule has 1 aromatic rings. The number of carbonyl (C=O) groups is 1. The van der Waals surface area contributed by atoms with Crippen molar-refractivity contribution in [2.24, 2.45) is 4.99 Å². The Balaban J connectivity index is 0.00000364. The lowest BCUT2D eigenvalue weighted by Gasteiger charge is -2.32. The van der Waals surface area contributed by atoms with Crippen LogP contribution < -0.4 is 10.6 Å². The van der Waals surface area contributed by atoms with Crippen molar-refractivity contribution in [3.05, 3.63) is 11.6 Å². The summed E-state index contributed by atoms with van der Waals surface area (Å²) in [7, 11) is 0. The molecule has 10 heteroatoms. The number of ether oxygens (including phenoxy) is 1. The van der Waals surface area contributed by atoms with Crippen molar-refractivity contribution in [2.45, 2.75) is 43.5 Å². The molecule has 0 radical (unpaired) electrons. The SMILES string of the molecule is CCNC(=NCCCSc1nccs1)NC1CCN(C(=O)OCC)CC1.I. The maximum atomic E-state index is 11.8. The lowest BCUT2D eigenvalue weighted by atomic mass is 10.1. The first-order chi connectivity index (χ1) is 12.7. The van der Waals surface area contributed by atoms with Crippen LogP contribution in [0.1, 0.15) is 33.1 Å². The van der Waals surface area contributed by atoms with Gasteiger partial charge in [0, 0.05) is 49.6 Å². The molecule has 0 saturated carbocycles. The van der Waals surface area contributed by atoms with E-state index in [1.165, 1.54) is 0 Å². The van der Waals surface area contributed by atoms with Crippen LogP contribution in [0.25, 0.3) is 0 Å². The standard InChI is InChI=1S/C17H29N5O2S2.HI/c1-3-18-15(19-8-5-12-25-16-20-9-13-26-16)21-14-6-10-22(11-7-14)17(23)24-4-2;/h9,13-14H,3-8,10-12H2,1-2H3,(H2,18,19,21);1H. The average Bonchev–Trinajstić information content (AvgIpc) is 3.16. The number of nitrogens with zero attached hydrogens (tertiary/aromatic N) is 3. The van der Waals surface area contributed by atoms with E-state index in [-0.39, 0.29) is 30.1 Å². The maximum absolute atomic E-state index is 11.8. The lowest BCUT2D eigenvalue weighted by molar-refractivity contribution is 0.0963. The molecule has 0 aromatic carbocycles. The summed E-state index contributed by atoms with van der Waals surface area (Å²) in [6, 6.07) is 0.336. The molecule has 1 amide bonds. The topological polar surface area (TPSA) is 78.9 Å². The zero-order valence-corrected chi connectivity index (χ0v) is 19.9. The molecule has 1 fully saturated rings. The number of amides is 1. The molecule has 0 bridgehead atoms. The third-order valence-electron chi connectivity index (χ3n) is 3.91. The van der Waals surface area contributed by atoms with Gasteiger partial charge in [0.25, 0.3) is 0 Å². The Kier molecular flexibility index (Phi) is 12.8. The van der Waals surface area contributed by atoms with E-state index in [0.717, 1.165) is 61.5 Å². The van der Waals surface area contributed by atoms with Gasteiger partial charge in [0.05, 0.1) is 6.61 Å². The molecule has 0 spiro atoms. The Morgan fingerprint density at radius 2 is 2.22 bits per heavy atom. The molecule has 1 aliphatic rings. The van der Waals surface area contributed by atoms with E-state index in [4.69, 9.17) is 4.74 Å². The smallest absolute Gasteiger partial charge is 0.409 e. The second-order valence-corrected chi connectivity index (χ2v) is 8.10. The quantitative estimate of drug-likeness (QED) is 0.177. The third-order valence-corrected chi connectivity index (χ3v) is 5.97. The monoisotopic (exact) mass is 527 g/mol. The highest BCUT2D eigenvalue weighted by Gasteiger charge is 2.23. The molecule has 0 aliphatic carbocycles. The van der Waals surface area contributed by atoms with Crippen molar-refractivity contribution < 1.29 is 9.53 Å². The molecule has 2 N–H and O–H groups in total. The first-order valence-corrected chi connectivity index (χ1v) is 11.1. The highest BCUT2D eigenvalue weighted by Crippen LogP contribution is 2.20. The predicted molar refractivity (Wildman–Crippen MR) is 124 cm³/mol. The summed E-state index contributed by atoms with van der Waals surface area (Å²) in [5, 5.41) is 8.80. The van der Waals surface area contributed by atoms with Crippen molar-refractivity contribution in [3.8, 4) is 0 Å². The first kappa shape index (κ1) is 24.3. The summed E-state index contributed by atoms with van der Waals surface area (Å²) >= 11 is 3.46. The van der Waals surface area contributed by atoms with Crippen LogP contribution in [-0.2, 0) is 4.74 Å². The van der Waals surface area contributed by atoms with Crippen LogP contribution in [0, 0.1) is 0 Å². The van der Waals surface area contributed by atoms with Crippen LogP contribution in [0.5, 0.6) is 0 Å². The number of carbonyl (C=O) groups excluding carboxylic acids is 1. The second-order valence-electron chi connectivity index (χ2n) is 5.87. The normalized spacial score (nSPS) is 15.2. The van der Waals surface area contributed by atoms with Crippen molar-refractivity contribution in [1.82, 2.24) is 20.5 Å². The van der Waals surface area contributed by atoms with Crippen molar-refractivity contribution in [2.75, 3.05) is 38.5 Å². The molecule has 2 heterocycles. The number of thiazole rings is 1. The number of likely N-dealkylation sites (tertiary alicyclic amines) is 1. The van der Waals surface area contributed by atoms with Gasteiger partial charge in [-0.3, -0.25) is 4.99 Å². The minimum absolute atomic E-state index is 0. The fourth-order valence-electron chi connectivity index (χ4n) is 2.63. The Morgan fingerprint density at radius 1 is 1.44 bits per heavy atom. The number of hydrogen-bond donors (Lipinski definition) is 2. The summed E-state index contributed by atoms with van der Waals surface area (Å²) in [6.07, 6.45) is 4.46. The van der Waals surface area contributed by atoms with Crippen molar-refractivity contribution in [1.29, 1.82) is 0 Å². The first-order valence-electron chi connectivity index (χ1n) is 9.21. The number of hydrogen-bond acceptors (Lipinski definition) is 6. The molecule has 7 nitrogen and oxygen atoms in total. The van der Waals surface area contributed by atoms with E-state index in [1.807, 2.05) is 18.5 Å². The van der Waals surface area contributed by atoms with Gasteiger partial charge >= 0.3 is 6.09 Å². The molecule has 0 unspecified atom stereocenters. The summed E-state index contributed by atoms with van der Waals surface area (Å²) in [4.78, 5) is 22.5. The molecular weight excluding hydrogens is 497 g/mol. The van der Waals surface area contributed by atoms with Crippen LogP contribution in [0.2, 0.25) is 0 Å². The van der Waals surface area contributed by atoms with Gasteiger partial charge in [-0.2, -0.15) is 0 Å². The van der Waals surface area contributed by atoms with E-state index >= 15 is 0 Å². The number of guanidine groups is 1. The second kappa shape index (κ2) is 14.3. The molecule has 27 heavy (non-hydrogen) atoms. The minimum Gasteiger partial charge on any atom is -0.450 e. The highest BCUT2D eigenvalue weighted by molar-refractivity contribution is 14.0. The average molecular weight is 527 g/mol. The van der Waals surface area contributed by atoms with E-state index in [2.05, 4.69) is 27.5 Å². The molecule has 0 atom stereocenters. The number of aliphatic imine (C=N–C) groups is 1. The molecule has 154 valence electrons. The largest absolute Gasteiger partial charge is 0.450 e. The number of thioether (sulfide) groups is 1. The number of halogens is 1. The fourth-order valence-corrected chi connectivity index (χ4v) is 4.26. The molecule has 1 aliphatic heterocycles. The van der Waals surface area contributed by atoms with Gasteiger partial charge in [0.1, 0.15) is 4.34 Å². The van der Waals surface area contributed by atoms with E-state index in [9.17, 15) is 4.79 Å². The third kappa shape index (κ3) is 9.33. The Labute approximate surface area is 187 Å². The Bertz CT molecular complexity index is 552. The number of aromatic nitrogens is 1. The highest BCUT2D eigenvalue weighted by atomic mass is 127. The van der Waals surface area contributed by atoms with E-state index in [1.54, 1.807) is 28.0 Å². The summed E-state index contributed by atoms with van der Waals surface area (Å²) < 4.78 is 6.18. The van der Waals surface area contributed by atoms with Gasteiger partial charge in [0.2, 0.25) is 0 Å².